The molecule has 11 heteroatoms. The monoisotopic (exact) mass is 594 g/mol. The molecule has 9 nitrogen and oxygen atoms in total. The van der Waals surface area contributed by atoms with Gasteiger partial charge < -0.3 is 9.64 Å². The Morgan fingerprint density at radius 3 is 2.51 bits per heavy atom. The van der Waals surface area contributed by atoms with Gasteiger partial charge in [-0.25, -0.2) is 9.79 Å². The third kappa shape index (κ3) is 5.85. The summed E-state index contributed by atoms with van der Waals surface area (Å²) < 4.78 is 7.41. The molecule has 2 aromatic carbocycles. The number of anilines is 1. The minimum atomic E-state index is -0.773. The molecule has 2 aliphatic heterocycles. The Morgan fingerprint density at radius 1 is 1.20 bits per heavy atom. The normalized spacial score (nSPS) is 18.0. The molecular formula is C30H31ClN4O5S. The lowest BCUT2D eigenvalue weighted by Gasteiger charge is -2.33. The molecular weight excluding hydrogens is 564 g/mol. The molecule has 5 rings (SSSR count). The second-order valence-corrected chi connectivity index (χ2v) is 12.2. The smallest absolute Gasteiger partial charge is 0.338 e. The largest absolute Gasteiger partial charge is 0.459 e. The van der Waals surface area contributed by atoms with E-state index in [1.807, 2.05) is 0 Å². The summed E-state index contributed by atoms with van der Waals surface area (Å²) in [5.74, 6) is 0.0694. The maximum atomic E-state index is 14.0. The zero-order valence-corrected chi connectivity index (χ0v) is 24.9. The minimum Gasteiger partial charge on any atom is -0.459 e. The summed E-state index contributed by atoms with van der Waals surface area (Å²) in [6.45, 7) is 9.14. The highest BCUT2D eigenvalue weighted by molar-refractivity contribution is 7.07. The third-order valence-corrected chi connectivity index (χ3v) is 8.64. The number of carbonyl (C=O) groups is 1. The fraction of sp³-hybridized carbons (Fsp3) is 0.367. The number of nitro benzene ring substituents is 1. The van der Waals surface area contributed by atoms with Crippen LogP contribution in [0.15, 0.2) is 63.5 Å². The van der Waals surface area contributed by atoms with Crippen molar-refractivity contribution >= 4 is 46.4 Å². The zero-order chi connectivity index (χ0) is 29.4. The molecule has 1 saturated heterocycles. The maximum Gasteiger partial charge on any atom is 0.338 e. The van der Waals surface area contributed by atoms with Crippen molar-refractivity contribution in [3.8, 4) is 0 Å². The molecule has 0 N–H and O–H groups in total. The maximum absolute atomic E-state index is 14.0. The molecule has 2 aliphatic rings. The standard InChI is InChI=1S/C30H31ClN4O5S/c1-17(2)40-29(37)26-19(4)32-30-34(27(26)20-5-7-22(31)8-6-20)28(36)25(41-30)16-21-15-23(35(38)39)9-10-24(21)33-13-11-18(3)12-14-33/h5-10,15-18,27H,11-14H2,1-4H3/b25-16+/t27-/m1/s1. The number of aromatic nitrogens is 1. The van der Waals surface area contributed by atoms with Gasteiger partial charge in [0.15, 0.2) is 4.80 Å². The first kappa shape index (κ1) is 28.8. The van der Waals surface area contributed by atoms with Crippen LogP contribution in [0.5, 0.6) is 0 Å². The average molecular weight is 595 g/mol. The highest BCUT2D eigenvalue weighted by atomic mass is 35.5. The number of thiazole rings is 1. The predicted molar refractivity (Wildman–Crippen MR) is 160 cm³/mol. The fourth-order valence-corrected chi connectivity index (χ4v) is 6.43. The van der Waals surface area contributed by atoms with Crippen LogP contribution in [0.3, 0.4) is 0 Å². The summed E-state index contributed by atoms with van der Waals surface area (Å²) in [7, 11) is 0. The van der Waals surface area contributed by atoms with Crippen molar-refractivity contribution in [1.29, 1.82) is 0 Å². The van der Waals surface area contributed by atoms with Crippen LogP contribution in [-0.2, 0) is 9.53 Å². The van der Waals surface area contributed by atoms with E-state index in [4.69, 9.17) is 16.3 Å². The van der Waals surface area contributed by atoms with Gasteiger partial charge in [-0.3, -0.25) is 19.5 Å². The molecule has 3 heterocycles. The lowest BCUT2D eigenvalue weighted by Crippen LogP contribution is -2.40. The topological polar surface area (TPSA) is 107 Å². The Balaban J connectivity index is 1.69. The third-order valence-electron chi connectivity index (χ3n) is 7.40. The van der Waals surface area contributed by atoms with Gasteiger partial charge >= 0.3 is 5.97 Å². The van der Waals surface area contributed by atoms with E-state index in [2.05, 4.69) is 16.8 Å². The molecule has 1 fully saturated rings. The van der Waals surface area contributed by atoms with Crippen molar-refractivity contribution in [2.24, 2.45) is 10.9 Å². The van der Waals surface area contributed by atoms with Crippen LogP contribution in [0.25, 0.3) is 6.08 Å². The van der Waals surface area contributed by atoms with Crippen molar-refractivity contribution in [2.75, 3.05) is 18.0 Å². The average Bonchev–Trinajstić information content (AvgIpc) is 3.22. The molecule has 0 unspecified atom stereocenters. The van der Waals surface area contributed by atoms with Crippen LogP contribution in [0, 0.1) is 16.0 Å². The predicted octanol–water partition coefficient (Wildman–Crippen LogP) is 4.98. The molecule has 214 valence electrons. The number of esters is 1. The number of non-ortho nitro benzene ring substituents is 1. The SMILES string of the molecule is CC1=C(C(=O)OC(C)C)[C@@H](c2ccc(Cl)cc2)n2c(s/c(=C/c3cc([N+](=O)[O-])ccc3N3CCC(C)CC3)c2=O)=N1. The number of nitrogens with zero attached hydrogens (tertiary/aromatic N) is 4. The number of fused-ring (bicyclic) bond motifs is 1. The number of nitro groups is 1. The van der Waals surface area contributed by atoms with Crippen molar-refractivity contribution in [3.63, 3.8) is 0 Å². The summed E-state index contributed by atoms with van der Waals surface area (Å²) in [5, 5.41) is 12.2. The van der Waals surface area contributed by atoms with Crippen molar-refractivity contribution in [1.82, 2.24) is 4.57 Å². The Labute approximate surface area is 246 Å². The Kier molecular flexibility index (Phi) is 8.15. The lowest BCUT2D eigenvalue weighted by atomic mass is 9.96. The van der Waals surface area contributed by atoms with E-state index in [0.29, 0.717) is 37.1 Å². The zero-order valence-electron chi connectivity index (χ0n) is 23.3. The first-order valence-corrected chi connectivity index (χ1v) is 14.7. The van der Waals surface area contributed by atoms with Crippen LogP contribution >= 0.6 is 22.9 Å². The van der Waals surface area contributed by atoms with Gasteiger partial charge in [-0.05, 0) is 69.4 Å². The highest BCUT2D eigenvalue weighted by Gasteiger charge is 2.34. The quantitative estimate of drug-likeness (QED) is 0.226. The minimum absolute atomic E-state index is 0.0493. The fourth-order valence-electron chi connectivity index (χ4n) is 5.27. The van der Waals surface area contributed by atoms with Gasteiger partial charge in [0, 0.05) is 41.5 Å². The van der Waals surface area contributed by atoms with Gasteiger partial charge in [0.05, 0.1) is 32.9 Å². The molecule has 0 saturated carbocycles. The number of halogens is 1. The van der Waals surface area contributed by atoms with E-state index < -0.39 is 16.9 Å². The van der Waals surface area contributed by atoms with Gasteiger partial charge in [-0.2, -0.15) is 0 Å². The number of hydrogen-bond acceptors (Lipinski definition) is 8. The Bertz CT molecular complexity index is 1720. The van der Waals surface area contributed by atoms with Crippen LogP contribution in [0.1, 0.15) is 57.7 Å². The number of hydrogen-bond donors (Lipinski definition) is 0. The number of rotatable bonds is 6. The highest BCUT2D eigenvalue weighted by Crippen LogP contribution is 2.32. The lowest BCUT2D eigenvalue weighted by molar-refractivity contribution is -0.384. The molecule has 0 bridgehead atoms. The number of carbonyl (C=O) groups excluding carboxylic acids is 1. The molecule has 41 heavy (non-hydrogen) atoms. The van der Waals surface area contributed by atoms with Gasteiger partial charge in [-0.15, -0.1) is 0 Å². The summed E-state index contributed by atoms with van der Waals surface area (Å²) in [6, 6.07) is 11.0. The van der Waals surface area contributed by atoms with Gasteiger partial charge in [0.25, 0.3) is 11.2 Å². The second-order valence-electron chi connectivity index (χ2n) is 10.8. The van der Waals surface area contributed by atoms with E-state index >= 15 is 0 Å². The van der Waals surface area contributed by atoms with Crippen LogP contribution in [0.4, 0.5) is 11.4 Å². The van der Waals surface area contributed by atoms with Crippen molar-refractivity contribution in [3.05, 3.63) is 99.7 Å². The Morgan fingerprint density at radius 2 is 1.88 bits per heavy atom. The first-order valence-electron chi connectivity index (χ1n) is 13.6. The number of benzene rings is 2. The number of allylic oxidation sites excluding steroid dienone is 1. The summed E-state index contributed by atoms with van der Waals surface area (Å²) in [6.07, 6.45) is 3.39. The van der Waals surface area contributed by atoms with E-state index in [-0.39, 0.29) is 22.9 Å². The Hall–Kier alpha value is -3.76. The van der Waals surface area contributed by atoms with Gasteiger partial charge in [0.1, 0.15) is 0 Å². The number of piperidine rings is 1. The summed E-state index contributed by atoms with van der Waals surface area (Å²) >= 11 is 7.34. The summed E-state index contributed by atoms with van der Waals surface area (Å²) in [5.41, 5.74) is 2.47. The summed E-state index contributed by atoms with van der Waals surface area (Å²) in [4.78, 5) is 45.8. The van der Waals surface area contributed by atoms with E-state index in [1.54, 1.807) is 57.2 Å². The molecule has 1 aromatic heterocycles. The molecule has 0 spiro atoms. The van der Waals surface area contributed by atoms with E-state index in [0.717, 1.165) is 31.6 Å². The molecule has 1 atom stereocenters. The van der Waals surface area contributed by atoms with Gasteiger partial charge in [-0.1, -0.05) is 42.0 Å². The van der Waals surface area contributed by atoms with Crippen molar-refractivity contribution in [2.45, 2.75) is 52.7 Å². The van der Waals surface area contributed by atoms with Crippen LogP contribution in [-0.4, -0.2) is 34.7 Å². The molecule has 0 aliphatic carbocycles. The molecule has 3 aromatic rings. The second kappa shape index (κ2) is 11.6. The van der Waals surface area contributed by atoms with Crippen molar-refractivity contribution < 1.29 is 14.5 Å². The number of ether oxygens (including phenoxy) is 1. The van der Waals surface area contributed by atoms with E-state index in [9.17, 15) is 19.7 Å². The van der Waals surface area contributed by atoms with E-state index in [1.165, 1.54) is 28.0 Å². The first-order chi connectivity index (χ1) is 19.5. The van der Waals surface area contributed by atoms with Crippen LogP contribution in [0.2, 0.25) is 5.02 Å². The van der Waals surface area contributed by atoms with Gasteiger partial charge in [0.2, 0.25) is 0 Å². The van der Waals surface area contributed by atoms with Crippen LogP contribution < -0.4 is 19.8 Å². The molecule has 0 amide bonds. The molecule has 0 radical (unpaired) electrons.